The van der Waals surface area contributed by atoms with Crippen LogP contribution in [0, 0.1) is 0 Å². The van der Waals surface area contributed by atoms with Gasteiger partial charge in [-0.1, -0.05) is 67.2 Å². The second kappa shape index (κ2) is 11.5. The van der Waals surface area contributed by atoms with E-state index < -0.39 is 0 Å². The lowest BCUT2D eigenvalue weighted by Gasteiger charge is -2.40. The van der Waals surface area contributed by atoms with E-state index in [9.17, 15) is 0 Å². The van der Waals surface area contributed by atoms with Crippen molar-refractivity contribution in [2.45, 2.75) is 30.0 Å². The number of fused-ring (bicyclic) bond motifs is 2. The molecule has 4 nitrogen and oxygen atoms in total. The Morgan fingerprint density at radius 3 is 2.27 bits per heavy atom. The highest BCUT2D eigenvalue weighted by Gasteiger charge is 2.30. The van der Waals surface area contributed by atoms with Crippen LogP contribution >= 0.6 is 11.8 Å². The largest absolute Gasteiger partial charge is 0.358 e. The maximum absolute atomic E-state index is 2.58. The van der Waals surface area contributed by atoms with Crippen LogP contribution in [0.15, 0.2) is 102 Å². The van der Waals surface area contributed by atoms with Gasteiger partial charge in [0.05, 0.1) is 16.7 Å². The molecule has 2 heterocycles. The number of benzene rings is 3. The minimum absolute atomic E-state index is 0.259. The lowest BCUT2D eigenvalue weighted by Crippen LogP contribution is -2.37. The van der Waals surface area contributed by atoms with Crippen LogP contribution in [0.4, 0.5) is 17.1 Å². The molecule has 3 aromatic rings. The SMILES string of the molecule is CCCN(CCCN(C)C)C1=C/C(=C/C2Sc3ccccc3N2C)c2ccccc2N1c1ccccc1. The molecule has 0 fully saturated rings. The molecular formula is C32H38N4S. The first-order valence-electron chi connectivity index (χ1n) is 13.3. The Balaban J connectivity index is 1.60. The molecule has 1 atom stereocenters. The molecule has 0 amide bonds. The Morgan fingerprint density at radius 2 is 1.54 bits per heavy atom. The summed E-state index contributed by atoms with van der Waals surface area (Å²) in [6.07, 6.45) is 7.12. The number of para-hydroxylation sites is 3. The fourth-order valence-electron chi connectivity index (χ4n) is 5.22. The van der Waals surface area contributed by atoms with Gasteiger partial charge >= 0.3 is 0 Å². The van der Waals surface area contributed by atoms with Crippen LogP contribution in [0.2, 0.25) is 0 Å². The Bertz CT molecular complexity index is 1270. The third-order valence-electron chi connectivity index (χ3n) is 7.03. The zero-order chi connectivity index (χ0) is 25.8. The number of anilines is 3. The van der Waals surface area contributed by atoms with Crippen LogP contribution in [0.1, 0.15) is 25.3 Å². The summed E-state index contributed by atoms with van der Waals surface area (Å²) in [5.74, 6) is 1.26. The van der Waals surface area contributed by atoms with Crippen molar-refractivity contribution in [1.82, 2.24) is 9.80 Å². The van der Waals surface area contributed by atoms with Gasteiger partial charge in [0.2, 0.25) is 0 Å². The Morgan fingerprint density at radius 1 is 0.838 bits per heavy atom. The summed E-state index contributed by atoms with van der Waals surface area (Å²) in [4.78, 5) is 11.1. The lowest BCUT2D eigenvalue weighted by molar-refractivity contribution is 0.304. The molecule has 0 N–H and O–H groups in total. The summed E-state index contributed by atoms with van der Waals surface area (Å²) in [7, 11) is 6.52. The molecule has 2 aliphatic heterocycles. The van der Waals surface area contributed by atoms with Gasteiger partial charge in [0, 0.05) is 36.3 Å². The van der Waals surface area contributed by atoms with Crippen LogP contribution in [0.3, 0.4) is 0 Å². The average molecular weight is 511 g/mol. The van der Waals surface area contributed by atoms with Crippen LogP contribution in [-0.2, 0) is 0 Å². The summed E-state index contributed by atoms with van der Waals surface area (Å²) in [5.41, 5.74) is 6.33. The average Bonchev–Trinajstić information content (AvgIpc) is 3.23. The van der Waals surface area contributed by atoms with E-state index in [0.29, 0.717) is 0 Å². The molecule has 37 heavy (non-hydrogen) atoms. The topological polar surface area (TPSA) is 13.0 Å². The van der Waals surface area contributed by atoms with Gasteiger partial charge in [-0.2, -0.15) is 0 Å². The summed E-state index contributed by atoms with van der Waals surface area (Å²) < 4.78 is 0. The molecule has 0 saturated heterocycles. The quantitative estimate of drug-likeness (QED) is 0.299. The summed E-state index contributed by atoms with van der Waals surface area (Å²) in [6.45, 7) is 5.42. The zero-order valence-corrected chi connectivity index (χ0v) is 23.3. The van der Waals surface area contributed by atoms with Crippen LogP contribution in [0.5, 0.6) is 0 Å². The highest BCUT2D eigenvalue weighted by Crippen LogP contribution is 2.46. The van der Waals surface area contributed by atoms with Gasteiger partial charge in [0.1, 0.15) is 5.82 Å². The summed E-state index contributed by atoms with van der Waals surface area (Å²) >= 11 is 1.93. The van der Waals surface area contributed by atoms with Crippen molar-refractivity contribution in [3.8, 4) is 0 Å². The first kappa shape index (κ1) is 25.5. The van der Waals surface area contributed by atoms with Gasteiger partial charge in [0.25, 0.3) is 0 Å². The molecule has 192 valence electrons. The van der Waals surface area contributed by atoms with E-state index in [1.165, 1.54) is 38.9 Å². The van der Waals surface area contributed by atoms with E-state index in [1.54, 1.807) is 0 Å². The normalized spacial score (nSPS) is 17.7. The van der Waals surface area contributed by atoms with Crippen LogP contribution < -0.4 is 9.80 Å². The van der Waals surface area contributed by atoms with E-state index in [2.05, 4.69) is 139 Å². The van der Waals surface area contributed by atoms with Crippen molar-refractivity contribution < 1.29 is 0 Å². The van der Waals surface area contributed by atoms with Gasteiger partial charge < -0.3 is 14.7 Å². The maximum atomic E-state index is 2.58. The van der Waals surface area contributed by atoms with E-state index in [1.807, 2.05) is 11.8 Å². The second-order valence-corrected chi connectivity index (χ2v) is 11.2. The number of allylic oxidation sites excluding steroid dienone is 2. The number of hydrogen-bond donors (Lipinski definition) is 0. The molecule has 0 saturated carbocycles. The molecule has 5 rings (SSSR count). The minimum atomic E-state index is 0.259. The van der Waals surface area contributed by atoms with E-state index in [4.69, 9.17) is 0 Å². The standard InChI is InChI=1S/C32H38N4S/c1-5-20-35(22-13-21-33(2)3)31-23-25(24-32-34(4)29-18-11-12-19-30(29)37-32)27-16-9-10-17-28(27)36(31)26-14-7-6-8-15-26/h6-12,14-19,23-24,32H,5,13,20-22H2,1-4H3/b25-24-. The monoisotopic (exact) mass is 510 g/mol. The first-order valence-corrected chi connectivity index (χ1v) is 14.2. The van der Waals surface area contributed by atoms with Gasteiger partial charge in [0.15, 0.2) is 0 Å². The number of rotatable bonds is 9. The number of hydrogen-bond acceptors (Lipinski definition) is 5. The molecule has 5 heteroatoms. The van der Waals surface area contributed by atoms with Crippen molar-refractivity contribution in [1.29, 1.82) is 0 Å². The number of thioether (sulfide) groups is 1. The van der Waals surface area contributed by atoms with Gasteiger partial charge in [-0.3, -0.25) is 4.90 Å². The zero-order valence-electron chi connectivity index (χ0n) is 22.5. The smallest absolute Gasteiger partial charge is 0.114 e. The van der Waals surface area contributed by atoms with Crippen LogP contribution in [0.25, 0.3) is 5.57 Å². The maximum Gasteiger partial charge on any atom is 0.114 e. The highest BCUT2D eigenvalue weighted by atomic mass is 32.2. The van der Waals surface area contributed by atoms with Crippen molar-refractivity contribution in [3.05, 3.63) is 102 Å². The predicted octanol–water partition coefficient (Wildman–Crippen LogP) is 7.30. The van der Waals surface area contributed by atoms with E-state index in [-0.39, 0.29) is 5.37 Å². The fourth-order valence-corrected chi connectivity index (χ4v) is 6.46. The minimum Gasteiger partial charge on any atom is -0.358 e. The highest BCUT2D eigenvalue weighted by molar-refractivity contribution is 8.00. The Labute approximate surface area is 226 Å². The first-order chi connectivity index (χ1) is 18.1. The molecule has 1 unspecified atom stereocenters. The molecule has 0 bridgehead atoms. The number of nitrogens with zero attached hydrogens (tertiary/aromatic N) is 4. The Kier molecular flexibility index (Phi) is 7.92. The molecule has 0 spiro atoms. The summed E-state index contributed by atoms with van der Waals surface area (Å²) in [6, 6.07) is 28.4. The molecule has 2 aliphatic rings. The van der Waals surface area contributed by atoms with E-state index in [0.717, 1.165) is 32.5 Å². The molecular weight excluding hydrogens is 472 g/mol. The molecule has 3 aromatic carbocycles. The van der Waals surface area contributed by atoms with Crippen molar-refractivity contribution in [2.75, 3.05) is 50.6 Å². The van der Waals surface area contributed by atoms with Gasteiger partial charge in [-0.25, -0.2) is 0 Å². The molecule has 0 radical (unpaired) electrons. The number of likely N-dealkylation sites (N-methyl/N-ethyl adjacent to an activating group) is 1. The molecule has 0 aromatic heterocycles. The summed E-state index contributed by atoms with van der Waals surface area (Å²) in [5, 5.41) is 0.259. The molecule has 0 aliphatic carbocycles. The third kappa shape index (κ3) is 5.43. The Hall–Kier alpha value is -3.15. The van der Waals surface area contributed by atoms with Crippen molar-refractivity contribution in [3.63, 3.8) is 0 Å². The van der Waals surface area contributed by atoms with Crippen molar-refractivity contribution >= 4 is 34.4 Å². The third-order valence-corrected chi connectivity index (χ3v) is 8.32. The predicted molar refractivity (Wildman–Crippen MR) is 161 cm³/mol. The van der Waals surface area contributed by atoms with Crippen molar-refractivity contribution in [2.24, 2.45) is 0 Å². The van der Waals surface area contributed by atoms with Crippen LogP contribution in [-0.4, -0.2) is 56.0 Å². The second-order valence-electron chi connectivity index (χ2n) is 10.0. The fraction of sp³-hybridized carbons (Fsp3) is 0.312. The van der Waals surface area contributed by atoms with Gasteiger partial charge in [-0.05, 0) is 81.5 Å². The van der Waals surface area contributed by atoms with Gasteiger partial charge in [-0.15, -0.1) is 0 Å². The lowest BCUT2D eigenvalue weighted by atomic mass is 9.97. The van der Waals surface area contributed by atoms with E-state index >= 15 is 0 Å².